The Morgan fingerprint density at radius 1 is 1.19 bits per heavy atom. The minimum atomic E-state index is -1.32. The maximum Gasteiger partial charge on any atom is 0.330 e. The lowest BCUT2D eigenvalue weighted by Crippen LogP contribution is -2.49. The number of thioether (sulfide) groups is 1. The van der Waals surface area contributed by atoms with E-state index in [4.69, 9.17) is 14.5 Å². The smallest absolute Gasteiger partial charge is 0.330 e. The molecule has 4 aliphatic rings. The van der Waals surface area contributed by atoms with Crippen LogP contribution in [0, 0.1) is 24.7 Å². The van der Waals surface area contributed by atoms with Crippen LogP contribution in [-0.4, -0.2) is 82.5 Å². The molecule has 2 N–H and O–H groups in total. The van der Waals surface area contributed by atoms with Gasteiger partial charge in [-0.2, -0.15) is 0 Å². The van der Waals surface area contributed by atoms with E-state index in [0.717, 1.165) is 64.5 Å². The molecule has 2 aromatic rings. The lowest BCUT2D eigenvalue weighted by molar-refractivity contribution is -0.145. The minimum Gasteiger partial charge on any atom is -0.496 e. The van der Waals surface area contributed by atoms with Crippen molar-refractivity contribution in [3.05, 3.63) is 41.6 Å². The first-order valence-electron chi connectivity index (χ1n) is 15.0. The van der Waals surface area contributed by atoms with Crippen LogP contribution in [0.3, 0.4) is 0 Å². The van der Waals surface area contributed by atoms with Crippen LogP contribution in [0.25, 0.3) is 10.9 Å². The van der Waals surface area contributed by atoms with E-state index < -0.39 is 35.4 Å². The van der Waals surface area contributed by atoms with Crippen LogP contribution < -0.4 is 14.8 Å². The summed E-state index contributed by atoms with van der Waals surface area (Å²) in [5.74, 6) is -0.865. The van der Waals surface area contributed by atoms with E-state index in [-0.39, 0.29) is 11.8 Å². The highest BCUT2D eigenvalue weighted by Crippen LogP contribution is 2.47. The van der Waals surface area contributed by atoms with Gasteiger partial charge in [-0.25, -0.2) is 9.78 Å². The zero-order valence-corrected chi connectivity index (χ0v) is 25.6. The molecule has 228 valence electrons. The molecule has 3 heterocycles. The van der Waals surface area contributed by atoms with Crippen molar-refractivity contribution in [2.75, 3.05) is 33.0 Å². The molecule has 11 heteroatoms. The van der Waals surface area contributed by atoms with Gasteiger partial charge >= 0.3 is 5.97 Å². The van der Waals surface area contributed by atoms with Crippen LogP contribution in [0.4, 0.5) is 0 Å². The SMILES string of the molecule is COc1ccc2c(O[C@@H]3C[C@H]4C(=O)N[C@]5(C(=O)O)C[C@H]5/C=C\CCCCN(C)C(=O)[C@@H]4C3)cc(C3=NCCS3)nc2c1C. The lowest BCUT2D eigenvalue weighted by atomic mass is 9.93. The van der Waals surface area contributed by atoms with E-state index in [1.165, 1.54) is 0 Å². The molecule has 2 saturated carbocycles. The number of amides is 2. The number of aryl methyl sites for hydroxylation is 1. The van der Waals surface area contributed by atoms with Crippen molar-refractivity contribution in [2.45, 2.75) is 57.1 Å². The summed E-state index contributed by atoms with van der Waals surface area (Å²) >= 11 is 1.65. The number of fused-ring (bicyclic) bond motifs is 3. The van der Waals surface area contributed by atoms with Crippen LogP contribution in [0.2, 0.25) is 0 Å². The number of ether oxygens (including phenoxy) is 2. The first-order valence-corrected chi connectivity index (χ1v) is 16.0. The molecule has 1 aromatic carbocycles. The van der Waals surface area contributed by atoms with E-state index in [1.807, 2.05) is 37.3 Å². The van der Waals surface area contributed by atoms with Crippen LogP contribution in [0.15, 0.2) is 35.3 Å². The van der Waals surface area contributed by atoms with Gasteiger partial charge in [-0.1, -0.05) is 12.2 Å². The van der Waals surface area contributed by atoms with Gasteiger partial charge in [0.1, 0.15) is 28.2 Å². The maximum atomic E-state index is 13.8. The molecule has 1 aromatic heterocycles. The van der Waals surface area contributed by atoms with Gasteiger partial charge in [0.2, 0.25) is 11.8 Å². The van der Waals surface area contributed by atoms with Gasteiger partial charge in [-0.05, 0) is 57.6 Å². The average Bonchev–Trinajstić information content (AvgIpc) is 3.31. The van der Waals surface area contributed by atoms with Gasteiger partial charge in [0.25, 0.3) is 0 Å². The third-order valence-corrected chi connectivity index (χ3v) is 10.2. The number of aliphatic imine (C=N–C) groups is 1. The molecular formula is C32H38N4O6S. The van der Waals surface area contributed by atoms with Crippen molar-refractivity contribution in [2.24, 2.45) is 22.7 Å². The summed E-state index contributed by atoms with van der Waals surface area (Å²) in [6.07, 6.45) is 7.04. The summed E-state index contributed by atoms with van der Waals surface area (Å²) in [6.45, 7) is 3.30. The number of hydrogen-bond acceptors (Lipinski definition) is 8. The number of nitrogens with one attached hydrogen (secondary N) is 1. The number of carboxylic acid groups (broad SMARTS) is 1. The second-order valence-corrected chi connectivity index (χ2v) is 13.1. The fraction of sp³-hybridized carbons (Fsp3) is 0.531. The summed E-state index contributed by atoms with van der Waals surface area (Å²) < 4.78 is 12.2. The number of nitrogens with zero attached hydrogens (tertiary/aromatic N) is 3. The molecule has 2 amide bonds. The summed E-state index contributed by atoms with van der Waals surface area (Å²) in [5.41, 5.74) is 1.05. The van der Waals surface area contributed by atoms with Gasteiger partial charge < -0.3 is 24.8 Å². The number of hydrogen-bond donors (Lipinski definition) is 2. The molecule has 0 bridgehead atoms. The highest BCUT2D eigenvalue weighted by molar-refractivity contribution is 8.14. The fourth-order valence-electron chi connectivity index (χ4n) is 6.67. The Kier molecular flexibility index (Phi) is 8.10. The summed E-state index contributed by atoms with van der Waals surface area (Å²) in [5, 5.41) is 14.6. The van der Waals surface area contributed by atoms with Crippen LogP contribution in [0.5, 0.6) is 11.5 Å². The van der Waals surface area contributed by atoms with Crippen LogP contribution in [0.1, 0.15) is 49.8 Å². The van der Waals surface area contributed by atoms with Gasteiger partial charge in [0.15, 0.2) is 0 Å². The number of pyridine rings is 1. The van der Waals surface area contributed by atoms with E-state index in [1.54, 1.807) is 30.8 Å². The predicted octanol–water partition coefficient (Wildman–Crippen LogP) is 3.98. The quantitative estimate of drug-likeness (QED) is 0.489. The Morgan fingerprint density at radius 2 is 2.00 bits per heavy atom. The number of carbonyl (C=O) groups excluding carboxylic acids is 2. The number of aromatic nitrogens is 1. The molecule has 0 unspecified atom stereocenters. The normalized spacial score (nSPS) is 30.1. The number of rotatable bonds is 5. The Morgan fingerprint density at radius 3 is 2.74 bits per heavy atom. The molecule has 2 aliphatic carbocycles. The van der Waals surface area contributed by atoms with E-state index >= 15 is 0 Å². The number of benzene rings is 1. The number of aliphatic carboxylic acids is 1. The second-order valence-electron chi connectivity index (χ2n) is 12.0. The fourth-order valence-corrected chi connectivity index (χ4v) is 7.48. The monoisotopic (exact) mass is 606 g/mol. The standard InChI is InChI=1S/C32H38N4O6S/c1-18-25(41-3)10-9-21-26(16-24(34-27(18)21)29-33-11-13-43-29)42-20-14-22-23(15-20)30(38)36(2)12-7-5-4-6-8-19-17-32(19,31(39)40)35-28(22)37/h6,8-10,16,19-20,22-23H,4-5,7,11-15,17H2,1-3H3,(H,35,37)(H,39,40)/b8-6-/t19-,20-,22-,23-,32-/m1/s1. The van der Waals surface area contributed by atoms with E-state index in [0.29, 0.717) is 31.6 Å². The number of allylic oxidation sites excluding steroid dienone is 1. The molecular weight excluding hydrogens is 568 g/mol. The molecule has 0 spiro atoms. The van der Waals surface area contributed by atoms with Gasteiger partial charge in [-0.15, -0.1) is 11.8 Å². The Bertz CT molecular complexity index is 1520. The third kappa shape index (κ3) is 5.59. The highest BCUT2D eigenvalue weighted by Gasteiger charge is 2.61. The Labute approximate surface area is 255 Å². The van der Waals surface area contributed by atoms with Crippen molar-refractivity contribution in [3.8, 4) is 11.5 Å². The zero-order valence-electron chi connectivity index (χ0n) is 24.8. The summed E-state index contributed by atoms with van der Waals surface area (Å²) in [7, 11) is 3.41. The van der Waals surface area contributed by atoms with Gasteiger partial charge in [0, 0.05) is 48.8 Å². The van der Waals surface area contributed by atoms with Gasteiger partial charge in [0.05, 0.1) is 30.2 Å². The second kappa shape index (κ2) is 11.8. The minimum absolute atomic E-state index is 0.104. The lowest BCUT2D eigenvalue weighted by Gasteiger charge is -2.26. The number of methoxy groups -OCH3 is 1. The van der Waals surface area contributed by atoms with E-state index in [2.05, 4.69) is 10.3 Å². The molecule has 0 radical (unpaired) electrons. The topological polar surface area (TPSA) is 130 Å². The maximum absolute atomic E-state index is 13.8. The molecule has 2 fully saturated rings. The Balaban J connectivity index is 1.33. The molecule has 2 aliphatic heterocycles. The van der Waals surface area contributed by atoms with Crippen molar-refractivity contribution >= 4 is 45.5 Å². The van der Waals surface area contributed by atoms with Crippen molar-refractivity contribution in [3.63, 3.8) is 0 Å². The number of carbonyl (C=O) groups is 3. The first kappa shape index (κ1) is 29.5. The van der Waals surface area contributed by atoms with Crippen LogP contribution in [-0.2, 0) is 14.4 Å². The van der Waals surface area contributed by atoms with E-state index in [9.17, 15) is 19.5 Å². The Hall–Kier alpha value is -3.60. The van der Waals surface area contributed by atoms with Crippen molar-refractivity contribution < 1.29 is 29.0 Å². The third-order valence-electron chi connectivity index (χ3n) is 9.24. The average molecular weight is 607 g/mol. The predicted molar refractivity (Wildman–Crippen MR) is 165 cm³/mol. The number of carboxylic acids is 1. The zero-order chi connectivity index (χ0) is 30.3. The summed E-state index contributed by atoms with van der Waals surface area (Å²) in [4.78, 5) is 51.0. The van der Waals surface area contributed by atoms with Crippen molar-refractivity contribution in [1.29, 1.82) is 0 Å². The molecule has 43 heavy (non-hydrogen) atoms. The van der Waals surface area contributed by atoms with Crippen LogP contribution >= 0.6 is 11.8 Å². The largest absolute Gasteiger partial charge is 0.496 e. The molecule has 5 atom stereocenters. The van der Waals surface area contributed by atoms with Crippen molar-refractivity contribution in [1.82, 2.24) is 15.2 Å². The van der Waals surface area contributed by atoms with Gasteiger partial charge in [-0.3, -0.25) is 14.6 Å². The first-order chi connectivity index (χ1) is 20.7. The summed E-state index contributed by atoms with van der Waals surface area (Å²) in [6, 6.07) is 5.71. The molecule has 0 saturated heterocycles. The molecule has 6 rings (SSSR count). The molecule has 10 nitrogen and oxygen atoms in total. The highest BCUT2D eigenvalue weighted by atomic mass is 32.2.